The average Bonchev–Trinajstić information content (AvgIpc) is 2.83. The van der Waals surface area contributed by atoms with E-state index < -0.39 is 0 Å². The van der Waals surface area contributed by atoms with Crippen LogP contribution in [0.1, 0.15) is 56.7 Å². The van der Waals surface area contributed by atoms with Crippen molar-refractivity contribution in [2.24, 2.45) is 5.73 Å². The molecule has 108 valence electrons. The highest BCUT2D eigenvalue weighted by Gasteiger charge is 2.14. The Kier molecular flexibility index (Phi) is 4.55. The maximum atomic E-state index is 5.60. The third kappa shape index (κ3) is 3.07. The fourth-order valence-corrected chi connectivity index (χ4v) is 2.17. The zero-order valence-electron chi connectivity index (χ0n) is 12.8. The highest BCUT2D eigenvalue weighted by atomic mass is 15.4. The van der Waals surface area contributed by atoms with E-state index in [1.165, 1.54) is 5.56 Å². The summed E-state index contributed by atoms with van der Waals surface area (Å²) in [5, 5.41) is 4.59. The van der Waals surface area contributed by atoms with Crippen molar-refractivity contribution in [1.29, 1.82) is 0 Å². The summed E-state index contributed by atoms with van der Waals surface area (Å²) < 4.78 is 1.94. The van der Waals surface area contributed by atoms with Gasteiger partial charge in [0, 0.05) is 12.3 Å². The third-order valence-corrected chi connectivity index (χ3v) is 3.36. The molecule has 1 heterocycles. The maximum Gasteiger partial charge on any atom is 0.152 e. The molecule has 0 aliphatic rings. The van der Waals surface area contributed by atoms with Crippen LogP contribution in [-0.4, -0.2) is 21.3 Å². The standard InChI is InChI=1S/C16H24N4/c1-11(2)13-5-7-14(8-6-13)20-16(12(3)4)18-15(19-20)9-10-17/h5-8,11-12H,9-10,17H2,1-4H3. The van der Waals surface area contributed by atoms with E-state index in [0.29, 0.717) is 18.4 Å². The number of aromatic nitrogens is 3. The number of hydrogen-bond donors (Lipinski definition) is 1. The van der Waals surface area contributed by atoms with Gasteiger partial charge in [-0.15, -0.1) is 0 Å². The van der Waals surface area contributed by atoms with E-state index in [1.807, 2.05) is 4.68 Å². The first-order valence-electron chi connectivity index (χ1n) is 7.29. The highest BCUT2D eigenvalue weighted by Crippen LogP contribution is 2.20. The van der Waals surface area contributed by atoms with Crippen molar-refractivity contribution in [1.82, 2.24) is 14.8 Å². The Morgan fingerprint density at radius 1 is 1.05 bits per heavy atom. The van der Waals surface area contributed by atoms with Gasteiger partial charge in [-0.05, 0) is 30.2 Å². The summed E-state index contributed by atoms with van der Waals surface area (Å²) in [5.41, 5.74) is 8.00. The Morgan fingerprint density at radius 2 is 1.70 bits per heavy atom. The van der Waals surface area contributed by atoms with Crippen LogP contribution in [0.15, 0.2) is 24.3 Å². The predicted octanol–water partition coefficient (Wildman–Crippen LogP) is 3.02. The van der Waals surface area contributed by atoms with Gasteiger partial charge in [0.05, 0.1) is 5.69 Å². The molecule has 4 nitrogen and oxygen atoms in total. The molecule has 0 saturated heterocycles. The quantitative estimate of drug-likeness (QED) is 0.910. The second kappa shape index (κ2) is 6.18. The molecular weight excluding hydrogens is 248 g/mol. The molecule has 1 aromatic heterocycles. The summed E-state index contributed by atoms with van der Waals surface area (Å²) in [6.45, 7) is 9.24. The third-order valence-electron chi connectivity index (χ3n) is 3.36. The van der Waals surface area contributed by atoms with Gasteiger partial charge in [0.2, 0.25) is 0 Å². The minimum absolute atomic E-state index is 0.332. The zero-order valence-corrected chi connectivity index (χ0v) is 12.8. The number of nitrogens with two attached hydrogens (primary N) is 1. The van der Waals surface area contributed by atoms with E-state index in [-0.39, 0.29) is 0 Å². The van der Waals surface area contributed by atoms with Crippen molar-refractivity contribution in [2.75, 3.05) is 6.54 Å². The van der Waals surface area contributed by atoms with Crippen LogP contribution in [-0.2, 0) is 6.42 Å². The molecule has 0 fully saturated rings. The summed E-state index contributed by atoms with van der Waals surface area (Å²) in [5.74, 6) is 2.69. The van der Waals surface area contributed by atoms with Gasteiger partial charge in [-0.25, -0.2) is 9.67 Å². The topological polar surface area (TPSA) is 56.7 Å². The SMILES string of the molecule is CC(C)c1ccc(-n2nc(CCN)nc2C(C)C)cc1. The van der Waals surface area contributed by atoms with Gasteiger partial charge in [0.15, 0.2) is 5.82 Å². The minimum Gasteiger partial charge on any atom is -0.330 e. The second-order valence-electron chi connectivity index (χ2n) is 5.74. The predicted molar refractivity (Wildman–Crippen MR) is 82.3 cm³/mol. The van der Waals surface area contributed by atoms with Crippen LogP contribution in [0.25, 0.3) is 5.69 Å². The summed E-state index contributed by atoms with van der Waals surface area (Å²) in [4.78, 5) is 4.61. The molecule has 0 atom stereocenters. The Morgan fingerprint density at radius 3 is 2.20 bits per heavy atom. The summed E-state index contributed by atoms with van der Waals surface area (Å²) >= 11 is 0. The molecule has 0 amide bonds. The molecule has 0 unspecified atom stereocenters. The number of nitrogens with zero attached hydrogens (tertiary/aromatic N) is 3. The van der Waals surface area contributed by atoms with E-state index in [4.69, 9.17) is 5.73 Å². The zero-order chi connectivity index (χ0) is 14.7. The van der Waals surface area contributed by atoms with Crippen LogP contribution in [0.5, 0.6) is 0 Å². The molecule has 0 spiro atoms. The van der Waals surface area contributed by atoms with Gasteiger partial charge < -0.3 is 5.73 Å². The van der Waals surface area contributed by atoms with E-state index in [2.05, 4.69) is 62.0 Å². The maximum absolute atomic E-state index is 5.60. The Bertz CT molecular complexity index is 552. The molecule has 0 aliphatic carbocycles. The summed E-state index contributed by atoms with van der Waals surface area (Å²) in [7, 11) is 0. The molecular formula is C16H24N4. The first-order valence-corrected chi connectivity index (χ1v) is 7.29. The second-order valence-corrected chi connectivity index (χ2v) is 5.74. The molecule has 20 heavy (non-hydrogen) atoms. The summed E-state index contributed by atoms with van der Waals surface area (Å²) in [6.07, 6.45) is 0.719. The molecule has 0 saturated carbocycles. The lowest BCUT2D eigenvalue weighted by Crippen LogP contribution is -2.05. The molecule has 0 bridgehead atoms. The molecule has 1 aromatic carbocycles. The summed E-state index contributed by atoms with van der Waals surface area (Å²) in [6, 6.07) is 8.55. The highest BCUT2D eigenvalue weighted by molar-refractivity contribution is 5.36. The molecule has 2 N–H and O–H groups in total. The van der Waals surface area contributed by atoms with Gasteiger partial charge in [-0.1, -0.05) is 39.8 Å². The number of hydrogen-bond acceptors (Lipinski definition) is 3. The minimum atomic E-state index is 0.332. The first kappa shape index (κ1) is 14.7. The normalized spacial score (nSPS) is 11.6. The lowest BCUT2D eigenvalue weighted by atomic mass is 10.0. The van der Waals surface area contributed by atoms with Crippen molar-refractivity contribution in [3.63, 3.8) is 0 Å². The Balaban J connectivity index is 2.39. The number of benzene rings is 1. The van der Waals surface area contributed by atoms with Crippen LogP contribution in [0.2, 0.25) is 0 Å². The van der Waals surface area contributed by atoms with Crippen molar-refractivity contribution >= 4 is 0 Å². The smallest absolute Gasteiger partial charge is 0.152 e. The average molecular weight is 272 g/mol. The largest absolute Gasteiger partial charge is 0.330 e. The van der Waals surface area contributed by atoms with Crippen LogP contribution in [0.3, 0.4) is 0 Å². The molecule has 4 heteroatoms. The van der Waals surface area contributed by atoms with Crippen LogP contribution < -0.4 is 5.73 Å². The fourth-order valence-electron chi connectivity index (χ4n) is 2.17. The van der Waals surface area contributed by atoms with Crippen LogP contribution >= 0.6 is 0 Å². The number of rotatable bonds is 5. The lowest BCUT2D eigenvalue weighted by Gasteiger charge is -2.10. The van der Waals surface area contributed by atoms with Gasteiger partial charge in [-0.2, -0.15) is 5.10 Å². The van der Waals surface area contributed by atoms with Gasteiger partial charge in [0.25, 0.3) is 0 Å². The first-order chi connectivity index (χ1) is 9.52. The molecule has 2 rings (SSSR count). The van der Waals surface area contributed by atoms with Crippen LogP contribution in [0.4, 0.5) is 0 Å². The lowest BCUT2D eigenvalue weighted by molar-refractivity contribution is 0.712. The van der Waals surface area contributed by atoms with Crippen molar-refractivity contribution in [3.8, 4) is 5.69 Å². The molecule has 0 radical (unpaired) electrons. The Hall–Kier alpha value is -1.68. The molecule has 0 aliphatic heterocycles. The Labute approximate surface area is 121 Å². The van der Waals surface area contributed by atoms with Crippen molar-refractivity contribution in [3.05, 3.63) is 41.5 Å². The van der Waals surface area contributed by atoms with Crippen molar-refractivity contribution in [2.45, 2.75) is 46.0 Å². The molecule has 2 aromatic rings. The van der Waals surface area contributed by atoms with E-state index >= 15 is 0 Å². The van der Waals surface area contributed by atoms with E-state index in [1.54, 1.807) is 0 Å². The van der Waals surface area contributed by atoms with E-state index in [9.17, 15) is 0 Å². The van der Waals surface area contributed by atoms with Gasteiger partial charge in [-0.3, -0.25) is 0 Å². The van der Waals surface area contributed by atoms with Crippen LogP contribution in [0, 0.1) is 0 Å². The van der Waals surface area contributed by atoms with Crippen molar-refractivity contribution < 1.29 is 0 Å². The van der Waals surface area contributed by atoms with Gasteiger partial charge >= 0.3 is 0 Å². The van der Waals surface area contributed by atoms with E-state index in [0.717, 1.165) is 23.8 Å². The fraction of sp³-hybridized carbons (Fsp3) is 0.500. The van der Waals surface area contributed by atoms with Gasteiger partial charge in [0.1, 0.15) is 5.82 Å². The monoisotopic (exact) mass is 272 g/mol.